The van der Waals surface area contributed by atoms with Crippen LogP contribution >= 0.6 is 11.3 Å². The van der Waals surface area contributed by atoms with Crippen molar-refractivity contribution in [2.75, 3.05) is 37.1 Å². The number of imidazole rings is 1. The maximum absolute atomic E-state index is 14.3. The summed E-state index contributed by atoms with van der Waals surface area (Å²) in [6.07, 6.45) is 5.70. The first-order valence-corrected chi connectivity index (χ1v) is 22.2. The van der Waals surface area contributed by atoms with Crippen molar-refractivity contribution in [2.24, 2.45) is 7.05 Å². The first kappa shape index (κ1) is 44.2. The van der Waals surface area contributed by atoms with Crippen molar-refractivity contribution in [2.45, 2.75) is 83.5 Å². The van der Waals surface area contributed by atoms with Gasteiger partial charge in [0.05, 0.1) is 47.5 Å². The number of aryl methyl sites for hydroxylation is 1. The fourth-order valence-corrected chi connectivity index (χ4v) is 9.27. The van der Waals surface area contributed by atoms with Gasteiger partial charge in [0.1, 0.15) is 18.2 Å². The number of benzene rings is 3. The molecular formula is C47H50N6O10S. The Balaban J connectivity index is 0.968. The van der Waals surface area contributed by atoms with Crippen LogP contribution in [0.25, 0.3) is 10.2 Å². The molecule has 3 atom stereocenters. The van der Waals surface area contributed by atoms with Crippen molar-refractivity contribution >= 4 is 62.5 Å². The van der Waals surface area contributed by atoms with E-state index < -0.39 is 24.7 Å². The Morgan fingerprint density at radius 3 is 2.59 bits per heavy atom. The van der Waals surface area contributed by atoms with Crippen LogP contribution in [0.3, 0.4) is 0 Å². The molecule has 3 amide bonds. The minimum Gasteiger partial charge on any atom is -0.493 e. The van der Waals surface area contributed by atoms with E-state index in [-0.39, 0.29) is 78.1 Å². The molecule has 3 aliphatic rings. The number of carbonyl (C=O) groups excluding carboxylic acids is 5. The van der Waals surface area contributed by atoms with Crippen LogP contribution in [0.5, 0.6) is 11.5 Å². The average molecular weight is 891 g/mol. The summed E-state index contributed by atoms with van der Waals surface area (Å²) in [5, 5.41) is 3.40. The van der Waals surface area contributed by atoms with Crippen LogP contribution in [0.4, 0.5) is 16.3 Å². The van der Waals surface area contributed by atoms with Crippen LogP contribution in [0, 0.1) is 0 Å². The van der Waals surface area contributed by atoms with Crippen molar-refractivity contribution < 1.29 is 47.7 Å². The maximum Gasteiger partial charge on any atom is 0.416 e. The van der Waals surface area contributed by atoms with Crippen LogP contribution in [0.1, 0.15) is 92.9 Å². The zero-order chi connectivity index (χ0) is 44.9. The number of ketones is 2. The Morgan fingerprint density at radius 1 is 0.984 bits per heavy atom. The van der Waals surface area contributed by atoms with Gasteiger partial charge in [-0.05, 0) is 80.8 Å². The van der Waals surface area contributed by atoms with Gasteiger partial charge in [0.25, 0.3) is 5.91 Å². The van der Waals surface area contributed by atoms with Gasteiger partial charge in [-0.1, -0.05) is 36.9 Å². The molecule has 2 aromatic heterocycles. The SMILES string of the molecule is C=CCOC(=O)N1c2cc(OCc3cccc(CC(=O)Nc4cn(C)c(C(=O)Cc5nc6cc(C(C)=O)ccc6s5)n4)c3)c(OC)cc2C(=O)N2CCCC[C@H]2C1OC1CCCCO1. The molecule has 0 aliphatic carbocycles. The molecule has 0 radical (unpaired) electrons. The number of thiazole rings is 1. The summed E-state index contributed by atoms with van der Waals surface area (Å²) < 4.78 is 32.8. The molecule has 17 heteroatoms. The fourth-order valence-electron chi connectivity index (χ4n) is 8.32. The molecule has 5 heterocycles. The number of rotatable bonds is 15. The van der Waals surface area contributed by atoms with E-state index in [1.165, 1.54) is 36.3 Å². The Hall–Kier alpha value is -6.43. The van der Waals surface area contributed by atoms with E-state index >= 15 is 0 Å². The predicted molar refractivity (Wildman–Crippen MR) is 238 cm³/mol. The van der Waals surface area contributed by atoms with Crippen molar-refractivity contribution in [3.8, 4) is 11.5 Å². The molecule has 8 rings (SSSR count). The highest BCUT2D eigenvalue weighted by atomic mass is 32.1. The van der Waals surface area contributed by atoms with Gasteiger partial charge in [-0.25, -0.2) is 19.7 Å². The number of nitrogens with one attached hydrogen (secondary N) is 1. The number of fused-ring (bicyclic) bond motifs is 3. The van der Waals surface area contributed by atoms with E-state index in [0.29, 0.717) is 53.4 Å². The third-order valence-electron chi connectivity index (χ3n) is 11.4. The van der Waals surface area contributed by atoms with Crippen molar-refractivity contribution in [1.82, 2.24) is 19.4 Å². The minimum atomic E-state index is -0.901. The number of piperidine rings is 1. The van der Waals surface area contributed by atoms with Crippen LogP contribution in [-0.4, -0.2) is 94.3 Å². The van der Waals surface area contributed by atoms with E-state index in [1.54, 1.807) is 47.0 Å². The summed E-state index contributed by atoms with van der Waals surface area (Å²) >= 11 is 1.38. The lowest BCUT2D eigenvalue weighted by Gasteiger charge is -2.42. The zero-order valence-electron chi connectivity index (χ0n) is 36.0. The molecule has 2 fully saturated rings. The first-order valence-electron chi connectivity index (χ1n) is 21.3. The van der Waals surface area contributed by atoms with Crippen molar-refractivity contribution in [1.29, 1.82) is 0 Å². The normalized spacial score (nSPS) is 18.4. The molecule has 2 unspecified atom stereocenters. The smallest absolute Gasteiger partial charge is 0.416 e. The monoisotopic (exact) mass is 890 g/mol. The Bertz CT molecular complexity index is 2600. The second-order valence-corrected chi connectivity index (χ2v) is 17.1. The topological polar surface area (TPSA) is 181 Å². The van der Waals surface area contributed by atoms with Crippen LogP contribution in [-0.2, 0) is 45.5 Å². The maximum atomic E-state index is 14.3. The second kappa shape index (κ2) is 19.5. The summed E-state index contributed by atoms with van der Waals surface area (Å²) in [6.45, 7) is 6.25. The Labute approximate surface area is 374 Å². The van der Waals surface area contributed by atoms with E-state index in [0.717, 1.165) is 35.9 Å². The summed E-state index contributed by atoms with van der Waals surface area (Å²) in [5.41, 5.74) is 3.16. The minimum absolute atomic E-state index is 0.0114. The molecule has 5 aromatic rings. The molecular weight excluding hydrogens is 841 g/mol. The van der Waals surface area contributed by atoms with Crippen molar-refractivity contribution in [3.63, 3.8) is 0 Å². The van der Waals surface area contributed by atoms with E-state index in [4.69, 9.17) is 23.7 Å². The van der Waals surface area contributed by atoms with Crippen LogP contribution in [0.2, 0.25) is 0 Å². The number of ether oxygens (including phenoxy) is 5. The van der Waals surface area contributed by atoms with Gasteiger partial charge in [0.2, 0.25) is 11.7 Å². The van der Waals surface area contributed by atoms with Crippen molar-refractivity contribution in [3.05, 3.63) is 107 Å². The number of nitrogens with zero attached hydrogens (tertiary/aromatic N) is 5. The number of methoxy groups -OCH3 is 1. The molecule has 2 saturated heterocycles. The highest BCUT2D eigenvalue weighted by molar-refractivity contribution is 7.18. The quantitative estimate of drug-likeness (QED) is 0.0813. The number of carbonyl (C=O) groups is 5. The summed E-state index contributed by atoms with van der Waals surface area (Å²) in [6, 6.07) is 15.4. The summed E-state index contributed by atoms with van der Waals surface area (Å²) in [7, 11) is 3.17. The third-order valence-corrected chi connectivity index (χ3v) is 12.4. The first-order chi connectivity index (χ1) is 31.0. The fraction of sp³-hybridized carbons (Fsp3) is 0.383. The molecule has 334 valence electrons. The summed E-state index contributed by atoms with van der Waals surface area (Å²) in [5.74, 6) is 0.0555. The van der Waals surface area contributed by atoms with Gasteiger partial charge in [-0.2, -0.15) is 0 Å². The van der Waals surface area contributed by atoms with Gasteiger partial charge in [0, 0.05) is 38.0 Å². The Kier molecular flexibility index (Phi) is 13.5. The van der Waals surface area contributed by atoms with Gasteiger partial charge < -0.3 is 38.5 Å². The second-order valence-electron chi connectivity index (χ2n) is 16.0. The largest absolute Gasteiger partial charge is 0.493 e. The standard InChI is InChI=1S/C47H50N6O10S/c1-5-18-61-47(58)53-35-24-38(37(59-4)23-32(35)45(57)52-17-8-6-13-34(52)46(53)63-43-14-7-9-19-60-43)62-27-30-12-10-11-29(20-30)21-41(56)49-40-26-51(3)44(50-40)36(55)25-42-48-33-22-31(28(2)54)15-16-39(33)64-42/h5,10-12,15-16,20,22-24,26,34,43,46H,1,6-9,13-14,17-19,21,25,27H2,2-4H3,(H,49,56)/t34-,43?,46?/m0/s1. The summed E-state index contributed by atoms with van der Waals surface area (Å²) in [4.78, 5) is 78.9. The van der Waals surface area contributed by atoms with Gasteiger partial charge in [-0.3, -0.25) is 19.2 Å². The predicted octanol–water partition coefficient (Wildman–Crippen LogP) is 7.43. The number of Topliss-reactive ketones (excluding diaryl/α,β-unsaturated/α-hetero) is 2. The van der Waals surface area contributed by atoms with Gasteiger partial charge in [0.15, 0.2) is 41.4 Å². The molecule has 3 aliphatic heterocycles. The highest BCUT2D eigenvalue weighted by Crippen LogP contribution is 2.42. The number of anilines is 2. The molecule has 64 heavy (non-hydrogen) atoms. The number of hydrogen-bond donors (Lipinski definition) is 1. The van der Waals surface area contributed by atoms with Crippen LogP contribution in [0.15, 0.2) is 73.4 Å². The van der Waals surface area contributed by atoms with Gasteiger partial charge >= 0.3 is 6.09 Å². The lowest BCUT2D eigenvalue weighted by molar-refractivity contribution is -0.198. The lowest BCUT2D eigenvalue weighted by Crippen LogP contribution is -2.57. The number of aromatic nitrogens is 3. The molecule has 0 spiro atoms. The van der Waals surface area contributed by atoms with Gasteiger partial charge in [-0.15, -0.1) is 11.3 Å². The third kappa shape index (κ3) is 9.71. The molecule has 0 bridgehead atoms. The average Bonchev–Trinajstić information content (AvgIpc) is 3.86. The zero-order valence-corrected chi connectivity index (χ0v) is 36.8. The lowest BCUT2D eigenvalue weighted by atomic mass is 10.00. The highest BCUT2D eigenvalue weighted by Gasteiger charge is 2.47. The van der Waals surface area contributed by atoms with E-state index in [9.17, 15) is 24.0 Å². The molecule has 16 nitrogen and oxygen atoms in total. The van der Waals surface area contributed by atoms with E-state index in [2.05, 4.69) is 21.9 Å². The Morgan fingerprint density at radius 2 is 1.81 bits per heavy atom. The molecule has 0 saturated carbocycles. The molecule has 3 aromatic carbocycles. The van der Waals surface area contributed by atoms with Crippen LogP contribution < -0.4 is 19.7 Å². The molecule has 1 N–H and O–H groups in total. The van der Waals surface area contributed by atoms with E-state index in [1.807, 2.05) is 30.3 Å². The number of hydrogen-bond acceptors (Lipinski definition) is 13. The number of amides is 3.